The molecule has 7 nitrogen and oxygen atoms in total. The van der Waals surface area contributed by atoms with Crippen LogP contribution in [0.15, 0.2) is 5.38 Å². The molecule has 20 heavy (non-hydrogen) atoms. The van der Waals surface area contributed by atoms with Crippen molar-refractivity contribution in [2.75, 3.05) is 25.4 Å². The van der Waals surface area contributed by atoms with E-state index in [0.29, 0.717) is 11.0 Å². The number of rotatable bonds is 7. The lowest BCUT2D eigenvalue weighted by Crippen LogP contribution is -2.34. The van der Waals surface area contributed by atoms with Crippen LogP contribution in [0.25, 0.3) is 0 Å². The van der Waals surface area contributed by atoms with Crippen molar-refractivity contribution in [2.24, 2.45) is 0 Å². The molecule has 0 bridgehead atoms. The maximum absolute atomic E-state index is 12.0. The van der Waals surface area contributed by atoms with Crippen LogP contribution in [0.1, 0.15) is 30.9 Å². The standard InChI is InChI=1S/C11H17N3O4S2/c1-14(6-5-10(15)18-2)20(16,17)13-11-12-9(7-19-11)8-3-4-8/h7-8H,3-6H2,1-2H3,(H,12,13). The Morgan fingerprint density at radius 2 is 2.30 bits per heavy atom. The first-order valence-electron chi connectivity index (χ1n) is 6.18. The van der Waals surface area contributed by atoms with Crippen LogP contribution >= 0.6 is 11.3 Å². The molecule has 1 saturated carbocycles. The Bertz CT molecular complexity index is 580. The van der Waals surface area contributed by atoms with Gasteiger partial charge in [-0.25, -0.2) is 9.71 Å². The number of carbonyl (C=O) groups excluding carboxylic acids is 1. The van der Waals surface area contributed by atoms with Gasteiger partial charge in [0, 0.05) is 24.9 Å². The summed E-state index contributed by atoms with van der Waals surface area (Å²) in [6, 6.07) is 0. The van der Waals surface area contributed by atoms with E-state index in [1.807, 2.05) is 5.38 Å². The molecule has 112 valence electrons. The molecular formula is C11H17N3O4S2. The number of aromatic nitrogens is 1. The molecule has 1 aromatic heterocycles. The Balaban J connectivity index is 1.92. The van der Waals surface area contributed by atoms with Crippen LogP contribution in [0.2, 0.25) is 0 Å². The summed E-state index contributed by atoms with van der Waals surface area (Å²) in [5.41, 5.74) is 0.949. The second kappa shape index (κ2) is 6.06. The highest BCUT2D eigenvalue weighted by Gasteiger charge is 2.27. The van der Waals surface area contributed by atoms with Crippen LogP contribution in [-0.2, 0) is 19.7 Å². The summed E-state index contributed by atoms with van der Waals surface area (Å²) >= 11 is 1.27. The van der Waals surface area contributed by atoms with E-state index < -0.39 is 16.2 Å². The third-order valence-electron chi connectivity index (χ3n) is 3.00. The van der Waals surface area contributed by atoms with Crippen molar-refractivity contribution in [3.05, 3.63) is 11.1 Å². The van der Waals surface area contributed by atoms with E-state index >= 15 is 0 Å². The van der Waals surface area contributed by atoms with Crippen LogP contribution in [-0.4, -0.2) is 44.4 Å². The second-order valence-corrected chi connectivity index (χ2v) is 7.24. The van der Waals surface area contributed by atoms with Crippen molar-refractivity contribution >= 4 is 32.6 Å². The number of methoxy groups -OCH3 is 1. The van der Waals surface area contributed by atoms with Crippen molar-refractivity contribution < 1.29 is 17.9 Å². The van der Waals surface area contributed by atoms with Gasteiger partial charge < -0.3 is 4.74 Å². The summed E-state index contributed by atoms with van der Waals surface area (Å²) in [5, 5.41) is 2.24. The topological polar surface area (TPSA) is 88.6 Å². The second-order valence-electron chi connectivity index (χ2n) is 4.61. The molecular weight excluding hydrogens is 302 g/mol. The number of anilines is 1. The Morgan fingerprint density at radius 3 is 2.90 bits per heavy atom. The zero-order chi connectivity index (χ0) is 14.8. The minimum atomic E-state index is -3.69. The predicted octanol–water partition coefficient (Wildman–Crippen LogP) is 1.17. The number of carbonyl (C=O) groups is 1. The first kappa shape index (κ1) is 15.2. The normalized spacial score (nSPS) is 15.3. The lowest BCUT2D eigenvalue weighted by atomic mass is 10.3. The van der Waals surface area contributed by atoms with Gasteiger partial charge in [-0.15, -0.1) is 11.3 Å². The van der Waals surface area contributed by atoms with E-state index in [4.69, 9.17) is 0 Å². The molecule has 0 aromatic carbocycles. The molecule has 0 saturated heterocycles. The van der Waals surface area contributed by atoms with Crippen molar-refractivity contribution in [1.29, 1.82) is 0 Å². The van der Waals surface area contributed by atoms with E-state index in [2.05, 4.69) is 14.4 Å². The minimum absolute atomic E-state index is 0.0130. The summed E-state index contributed by atoms with van der Waals surface area (Å²) in [7, 11) is -1.01. The van der Waals surface area contributed by atoms with Gasteiger partial charge in [0.2, 0.25) is 0 Å². The van der Waals surface area contributed by atoms with Gasteiger partial charge >= 0.3 is 16.2 Å². The molecule has 1 aromatic rings. The first-order valence-corrected chi connectivity index (χ1v) is 8.50. The molecule has 2 rings (SSSR count). The summed E-state index contributed by atoms with van der Waals surface area (Å²) in [6.45, 7) is 0.0584. The molecule has 1 aliphatic carbocycles. The molecule has 1 heterocycles. The van der Waals surface area contributed by atoms with Gasteiger partial charge in [0.05, 0.1) is 19.2 Å². The van der Waals surface area contributed by atoms with E-state index in [1.54, 1.807) is 0 Å². The number of hydrogen-bond acceptors (Lipinski definition) is 6. The smallest absolute Gasteiger partial charge is 0.306 e. The Morgan fingerprint density at radius 1 is 1.60 bits per heavy atom. The Hall–Kier alpha value is -1.19. The van der Waals surface area contributed by atoms with Crippen molar-refractivity contribution in [1.82, 2.24) is 9.29 Å². The van der Waals surface area contributed by atoms with Gasteiger partial charge in [0.25, 0.3) is 0 Å². The average molecular weight is 319 g/mol. The number of esters is 1. The van der Waals surface area contributed by atoms with Gasteiger partial charge in [0.1, 0.15) is 0 Å². The van der Waals surface area contributed by atoms with Gasteiger partial charge in [-0.2, -0.15) is 12.7 Å². The molecule has 1 N–H and O–H groups in total. The fourth-order valence-corrected chi connectivity index (χ4v) is 3.46. The minimum Gasteiger partial charge on any atom is -0.469 e. The van der Waals surface area contributed by atoms with Crippen LogP contribution in [0, 0.1) is 0 Å². The third-order valence-corrected chi connectivity index (χ3v) is 5.36. The van der Waals surface area contributed by atoms with Gasteiger partial charge in [-0.05, 0) is 12.8 Å². The molecule has 0 unspecified atom stereocenters. The molecule has 0 amide bonds. The lowest BCUT2D eigenvalue weighted by Gasteiger charge is -2.16. The van der Waals surface area contributed by atoms with Gasteiger partial charge in [0.15, 0.2) is 5.13 Å². The van der Waals surface area contributed by atoms with Crippen molar-refractivity contribution in [2.45, 2.75) is 25.2 Å². The highest BCUT2D eigenvalue weighted by molar-refractivity contribution is 7.90. The Labute approximate surface area is 122 Å². The molecule has 0 radical (unpaired) electrons. The number of ether oxygens (including phenoxy) is 1. The summed E-state index contributed by atoms with van der Waals surface area (Å²) in [5.74, 6) is 0.0406. The number of nitrogens with zero attached hydrogens (tertiary/aromatic N) is 2. The van der Waals surface area contributed by atoms with Gasteiger partial charge in [-0.3, -0.25) is 4.79 Å². The molecule has 1 fully saturated rings. The molecule has 0 spiro atoms. The maximum atomic E-state index is 12.0. The van der Waals surface area contributed by atoms with Crippen LogP contribution in [0.5, 0.6) is 0 Å². The van der Waals surface area contributed by atoms with E-state index in [1.165, 1.54) is 25.5 Å². The molecule has 0 aliphatic heterocycles. The number of thiazole rings is 1. The molecule has 1 aliphatic rings. The lowest BCUT2D eigenvalue weighted by molar-refractivity contribution is -0.140. The van der Waals surface area contributed by atoms with E-state index in [-0.39, 0.29) is 13.0 Å². The average Bonchev–Trinajstić information content (AvgIpc) is 3.16. The zero-order valence-electron chi connectivity index (χ0n) is 11.3. The highest BCUT2D eigenvalue weighted by atomic mass is 32.2. The third kappa shape index (κ3) is 3.90. The number of nitrogens with one attached hydrogen (secondary N) is 1. The fraction of sp³-hybridized carbons (Fsp3) is 0.636. The fourth-order valence-electron chi connectivity index (χ4n) is 1.56. The van der Waals surface area contributed by atoms with Crippen molar-refractivity contribution in [3.63, 3.8) is 0 Å². The van der Waals surface area contributed by atoms with E-state index in [0.717, 1.165) is 22.8 Å². The van der Waals surface area contributed by atoms with Crippen LogP contribution in [0.4, 0.5) is 5.13 Å². The highest BCUT2D eigenvalue weighted by Crippen LogP contribution is 2.40. The largest absolute Gasteiger partial charge is 0.469 e. The quantitative estimate of drug-likeness (QED) is 0.762. The maximum Gasteiger partial charge on any atom is 0.306 e. The summed E-state index contributed by atoms with van der Waals surface area (Å²) in [6.07, 6.45) is 2.25. The van der Waals surface area contributed by atoms with E-state index in [9.17, 15) is 13.2 Å². The van der Waals surface area contributed by atoms with Gasteiger partial charge in [-0.1, -0.05) is 0 Å². The molecule has 9 heteroatoms. The first-order chi connectivity index (χ1) is 9.42. The predicted molar refractivity (Wildman–Crippen MR) is 75.9 cm³/mol. The monoisotopic (exact) mass is 319 g/mol. The summed E-state index contributed by atoms with van der Waals surface area (Å²) in [4.78, 5) is 15.3. The van der Waals surface area contributed by atoms with Crippen LogP contribution in [0.3, 0.4) is 0 Å². The molecule has 0 atom stereocenters. The number of hydrogen-bond donors (Lipinski definition) is 1. The van der Waals surface area contributed by atoms with Crippen LogP contribution < -0.4 is 4.72 Å². The van der Waals surface area contributed by atoms with Crippen molar-refractivity contribution in [3.8, 4) is 0 Å². The zero-order valence-corrected chi connectivity index (χ0v) is 13.0. The SMILES string of the molecule is COC(=O)CCN(C)S(=O)(=O)Nc1nc(C2CC2)cs1. The summed E-state index contributed by atoms with van der Waals surface area (Å²) < 4.78 is 32.0. The Kier molecular flexibility index (Phi) is 4.61.